The molecule has 0 fully saturated rings. The highest BCUT2D eigenvalue weighted by molar-refractivity contribution is 5.27. The van der Waals surface area contributed by atoms with Crippen LogP contribution in [0.5, 0.6) is 5.75 Å². The number of ether oxygens (including phenoxy) is 1. The number of benzene rings is 1. The maximum atomic E-state index is 5.84. The first-order valence-corrected chi connectivity index (χ1v) is 7.35. The van der Waals surface area contributed by atoms with E-state index in [0.29, 0.717) is 6.04 Å². The molecule has 0 heterocycles. The van der Waals surface area contributed by atoms with Crippen LogP contribution in [0.3, 0.4) is 0 Å². The van der Waals surface area contributed by atoms with E-state index < -0.39 is 0 Å². The lowest BCUT2D eigenvalue weighted by Crippen LogP contribution is -2.30. The number of rotatable bonds is 6. The fourth-order valence-electron chi connectivity index (χ4n) is 2.69. The molecular formula is C17H25NO. The summed E-state index contributed by atoms with van der Waals surface area (Å²) < 4.78 is 5.84. The molecule has 104 valence electrons. The summed E-state index contributed by atoms with van der Waals surface area (Å²) in [6.07, 6.45) is 8.62. The fraction of sp³-hybridized carbons (Fsp3) is 0.529. The first-order valence-electron chi connectivity index (χ1n) is 7.35. The highest BCUT2D eigenvalue weighted by Gasteiger charge is 2.14. The first-order chi connectivity index (χ1) is 9.29. The summed E-state index contributed by atoms with van der Waals surface area (Å²) in [6.45, 7) is 2.86. The Bertz CT molecular complexity index is 425. The molecule has 1 atom stereocenters. The molecule has 0 aliphatic heterocycles. The van der Waals surface area contributed by atoms with Crippen LogP contribution in [0.15, 0.2) is 35.9 Å². The van der Waals surface area contributed by atoms with Gasteiger partial charge in [-0.1, -0.05) is 23.8 Å². The molecule has 19 heavy (non-hydrogen) atoms. The van der Waals surface area contributed by atoms with Gasteiger partial charge in [0.25, 0.3) is 0 Å². The Balaban J connectivity index is 1.81. The average molecular weight is 259 g/mol. The molecule has 1 aliphatic carbocycles. The van der Waals surface area contributed by atoms with Crippen molar-refractivity contribution in [1.82, 2.24) is 5.32 Å². The van der Waals surface area contributed by atoms with Gasteiger partial charge in [0, 0.05) is 12.5 Å². The molecule has 2 heteroatoms. The Morgan fingerprint density at radius 1 is 1.32 bits per heavy atom. The minimum Gasteiger partial charge on any atom is -0.494 e. The lowest BCUT2D eigenvalue weighted by molar-refractivity contribution is 0.294. The van der Waals surface area contributed by atoms with Crippen molar-refractivity contribution in [2.75, 3.05) is 13.7 Å². The normalized spacial score (nSPS) is 16.8. The van der Waals surface area contributed by atoms with Gasteiger partial charge in [-0.2, -0.15) is 0 Å². The number of allylic oxidation sites excluding steroid dienone is 1. The van der Waals surface area contributed by atoms with Crippen LogP contribution in [0.1, 0.15) is 37.7 Å². The molecule has 0 radical (unpaired) electrons. The zero-order chi connectivity index (χ0) is 13.5. The number of hydrogen-bond donors (Lipinski definition) is 1. The van der Waals surface area contributed by atoms with Crippen LogP contribution in [0.4, 0.5) is 0 Å². The van der Waals surface area contributed by atoms with Gasteiger partial charge in [0.2, 0.25) is 0 Å². The highest BCUT2D eigenvalue weighted by atomic mass is 16.5. The number of aryl methyl sites for hydroxylation is 1. The van der Waals surface area contributed by atoms with Crippen molar-refractivity contribution in [2.45, 2.75) is 45.1 Å². The standard InChI is InChI=1S/C17H25NO/c1-14-7-6-10-16(13-14)19-12-11-17(18-2)15-8-4-3-5-9-15/h6-8,10,13,17-18H,3-5,9,11-12H2,1-2H3. The maximum absolute atomic E-state index is 5.84. The SMILES string of the molecule is CNC(CCOc1cccc(C)c1)C1=CCCCC1. The summed E-state index contributed by atoms with van der Waals surface area (Å²) in [5.41, 5.74) is 2.82. The quantitative estimate of drug-likeness (QED) is 0.783. The van der Waals surface area contributed by atoms with Crippen molar-refractivity contribution in [3.63, 3.8) is 0 Å². The van der Waals surface area contributed by atoms with Crippen molar-refractivity contribution < 1.29 is 4.74 Å². The van der Waals surface area contributed by atoms with Gasteiger partial charge in [-0.25, -0.2) is 0 Å². The molecule has 2 nitrogen and oxygen atoms in total. The summed E-state index contributed by atoms with van der Waals surface area (Å²) in [7, 11) is 2.05. The van der Waals surface area contributed by atoms with Crippen LogP contribution in [0.25, 0.3) is 0 Å². The molecule has 1 N–H and O–H groups in total. The minimum absolute atomic E-state index is 0.477. The highest BCUT2D eigenvalue weighted by Crippen LogP contribution is 2.22. The third kappa shape index (κ3) is 4.39. The summed E-state index contributed by atoms with van der Waals surface area (Å²) >= 11 is 0. The van der Waals surface area contributed by atoms with E-state index in [1.807, 2.05) is 19.2 Å². The van der Waals surface area contributed by atoms with E-state index in [4.69, 9.17) is 4.74 Å². The molecular weight excluding hydrogens is 234 g/mol. The number of nitrogens with one attached hydrogen (secondary N) is 1. The zero-order valence-corrected chi connectivity index (χ0v) is 12.1. The molecule has 0 amide bonds. The van der Waals surface area contributed by atoms with E-state index in [1.165, 1.54) is 31.2 Å². The van der Waals surface area contributed by atoms with E-state index in [-0.39, 0.29) is 0 Å². The Hall–Kier alpha value is -1.28. The second kappa shape index (κ2) is 7.34. The molecule has 0 saturated heterocycles. The number of likely N-dealkylation sites (N-methyl/N-ethyl adjacent to an activating group) is 1. The third-order valence-electron chi connectivity index (χ3n) is 3.79. The minimum atomic E-state index is 0.477. The predicted molar refractivity (Wildman–Crippen MR) is 80.7 cm³/mol. The third-order valence-corrected chi connectivity index (χ3v) is 3.79. The van der Waals surface area contributed by atoms with E-state index in [0.717, 1.165) is 18.8 Å². The summed E-state index contributed by atoms with van der Waals surface area (Å²) in [5, 5.41) is 3.42. The van der Waals surface area contributed by atoms with Crippen LogP contribution < -0.4 is 10.1 Å². The van der Waals surface area contributed by atoms with E-state index in [2.05, 4.69) is 30.4 Å². The molecule has 1 aliphatic rings. The van der Waals surface area contributed by atoms with Crippen molar-refractivity contribution >= 4 is 0 Å². The summed E-state index contributed by atoms with van der Waals surface area (Å²) in [6, 6.07) is 8.74. The van der Waals surface area contributed by atoms with Crippen LogP contribution in [0, 0.1) is 6.92 Å². The number of hydrogen-bond acceptors (Lipinski definition) is 2. The molecule has 0 saturated carbocycles. The lowest BCUT2D eigenvalue weighted by atomic mass is 9.92. The molecule has 2 rings (SSSR count). The average Bonchev–Trinajstić information content (AvgIpc) is 2.45. The van der Waals surface area contributed by atoms with Gasteiger partial charge < -0.3 is 10.1 Å². The lowest BCUT2D eigenvalue weighted by Gasteiger charge is -2.23. The zero-order valence-electron chi connectivity index (χ0n) is 12.1. The summed E-state index contributed by atoms with van der Waals surface area (Å²) in [5.74, 6) is 0.979. The van der Waals surface area contributed by atoms with Crippen molar-refractivity contribution in [1.29, 1.82) is 0 Å². The van der Waals surface area contributed by atoms with Gasteiger partial charge in [0.1, 0.15) is 5.75 Å². The van der Waals surface area contributed by atoms with E-state index in [1.54, 1.807) is 5.57 Å². The van der Waals surface area contributed by atoms with Gasteiger partial charge in [-0.3, -0.25) is 0 Å². The van der Waals surface area contributed by atoms with Crippen LogP contribution in [0.2, 0.25) is 0 Å². The van der Waals surface area contributed by atoms with Crippen molar-refractivity contribution in [3.05, 3.63) is 41.5 Å². The van der Waals surface area contributed by atoms with E-state index in [9.17, 15) is 0 Å². The molecule has 0 aromatic heterocycles. The van der Waals surface area contributed by atoms with Crippen LogP contribution >= 0.6 is 0 Å². The van der Waals surface area contributed by atoms with Crippen molar-refractivity contribution in [2.24, 2.45) is 0 Å². The van der Waals surface area contributed by atoms with Gasteiger partial charge in [-0.05, 0) is 57.4 Å². The Labute approximate surface area is 116 Å². The monoisotopic (exact) mass is 259 g/mol. The Kier molecular flexibility index (Phi) is 5.46. The maximum Gasteiger partial charge on any atom is 0.119 e. The topological polar surface area (TPSA) is 21.3 Å². The predicted octanol–water partition coefficient (Wildman–Crippen LogP) is 3.85. The van der Waals surface area contributed by atoms with Crippen LogP contribution in [-0.4, -0.2) is 19.7 Å². The largest absolute Gasteiger partial charge is 0.494 e. The fourth-order valence-corrected chi connectivity index (χ4v) is 2.69. The smallest absolute Gasteiger partial charge is 0.119 e. The second-order valence-electron chi connectivity index (χ2n) is 5.32. The van der Waals surface area contributed by atoms with Gasteiger partial charge in [0.15, 0.2) is 0 Å². The Morgan fingerprint density at radius 2 is 2.21 bits per heavy atom. The van der Waals surface area contributed by atoms with Gasteiger partial charge in [0.05, 0.1) is 6.61 Å². The van der Waals surface area contributed by atoms with Crippen LogP contribution in [-0.2, 0) is 0 Å². The molecule has 1 aromatic carbocycles. The van der Waals surface area contributed by atoms with Gasteiger partial charge in [-0.15, -0.1) is 0 Å². The molecule has 1 aromatic rings. The molecule has 0 spiro atoms. The molecule has 0 bridgehead atoms. The first kappa shape index (κ1) is 14.1. The van der Waals surface area contributed by atoms with Crippen molar-refractivity contribution in [3.8, 4) is 5.75 Å². The second-order valence-corrected chi connectivity index (χ2v) is 5.32. The summed E-state index contributed by atoms with van der Waals surface area (Å²) in [4.78, 5) is 0. The van der Waals surface area contributed by atoms with Gasteiger partial charge >= 0.3 is 0 Å². The van der Waals surface area contributed by atoms with E-state index >= 15 is 0 Å². The Morgan fingerprint density at radius 3 is 2.89 bits per heavy atom. The molecule has 1 unspecified atom stereocenters.